The number of hydrogen-bond acceptors (Lipinski definition) is 2. The lowest BCUT2D eigenvalue weighted by Crippen LogP contribution is -2.44. The van der Waals surface area contributed by atoms with Crippen LogP contribution in [0.3, 0.4) is 0 Å². The molecule has 27 heavy (non-hydrogen) atoms. The first-order chi connectivity index (χ1) is 13.2. The molecular weight excluding hydrogens is 341 g/mol. The van der Waals surface area contributed by atoms with Crippen LogP contribution in [-0.2, 0) is 6.42 Å². The lowest BCUT2D eigenvalue weighted by atomic mass is 10.1. The lowest BCUT2D eigenvalue weighted by molar-refractivity contribution is 0.246. The number of carbonyl (C=O) groups is 1. The van der Waals surface area contributed by atoms with Crippen LogP contribution in [0, 0.1) is 5.82 Å². The summed E-state index contributed by atoms with van der Waals surface area (Å²) < 4.78 is 13.2. The van der Waals surface area contributed by atoms with Crippen LogP contribution in [0.1, 0.15) is 31.2 Å². The van der Waals surface area contributed by atoms with Gasteiger partial charge in [0.2, 0.25) is 0 Å². The summed E-state index contributed by atoms with van der Waals surface area (Å²) >= 11 is 0. The molecule has 0 aromatic heterocycles. The second-order valence-electron chi connectivity index (χ2n) is 7.37. The number of rotatable bonds is 5. The third-order valence-electron chi connectivity index (χ3n) is 5.38. The van der Waals surface area contributed by atoms with Crippen LogP contribution in [0.2, 0.25) is 0 Å². The van der Waals surface area contributed by atoms with Crippen LogP contribution < -0.4 is 15.1 Å². The molecule has 2 aromatic rings. The molecule has 0 radical (unpaired) electrons. The highest BCUT2D eigenvalue weighted by Crippen LogP contribution is 2.31. The maximum Gasteiger partial charge on any atom is 0.321 e. The van der Waals surface area contributed by atoms with Gasteiger partial charge in [0.05, 0.1) is 0 Å². The summed E-state index contributed by atoms with van der Waals surface area (Å²) in [4.78, 5) is 17.0. The minimum Gasteiger partial charge on any atom is -0.367 e. The highest BCUT2D eigenvalue weighted by molar-refractivity contribution is 5.93. The maximum absolute atomic E-state index is 13.2. The molecule has 0 spiro atoms. The Morgan fingerprint density at radius 2 is 1.89 bits per heavy atom. The summed E-state index contributed by atoms with van der Waals surface area (Å²) in [6, 6.07) is 15.3. The van der Waals surface area contributed by atoms with Crippen molar-refractivity contribution >= 4 is 17.4 Å². The van der Waals surface area contributed by atoms with Crippen LogP contribution in [0.5, 0.6) is 0 Å². The molecule has 2 aromatic carbocycles. The average molecular weight is 367 g/mol. The molecule has 0 atom stereocenters. The third kappa shape index (κ3) is 4.24. The first-order valence-electron chi connectivity index (χ1n) is 9.88. The Balaban J connectivity index is 1.38. The molecule has 142 valence electrons. The number of hydrogen-bond donors (Lipinski definition) is 1. The Kier molecular flexibility index (Phi) is 5.28. The van der Waals surface area contributed by atoms with Crippen molar-refractivity contribution in [2.24, 2.45) is 0 Å². The largest absolute Gasteiger partial charge is 0.367 e. The summed E-state index contributed by atoms with van der Waals surface area (Å²) in [5.74, 6) is -0.220. The summed E-state index contributed by atoms with van der Waals surface area (Å²) in [5, 5.41) is 3.09. The van der Waals surface area contributed by atoms with Crippen molar-refractivity contribution < 1.29 is 9.18 Å². The van der Waals surface area contributed by atoms with E-state index in [1.807, 2.05) is 35.2 Å². The normalized spacial score (nSPS) is 16.4. The van der Waals surface area contributed by atoms with Gasteiger partial charge in [0.1, 0.15) is 5.82 Å². The van der Waals surface area contributed by atoms with E-state index in [4.69, 9.17) is 0 Å². The number of halogens is 1. The summed E-state index contributed by atoms with van der Waals surface area (Å²) in [6.45, 7) is 2.07. The molecule has 1 saturated carbocycles. The Morgan fingerprint density at radius 1 is 1.11 bits per heavy atom. The molecule has 0 saturated heterocycles. The summed E-state index contributed by atoms with van der Waals surface area (Å²) in [6.07, 6.45) is 5.47. The van der Waals surface area contributed by atoms with Crippen LogP contribution in [-0.4, -0.2) is 31.7 Å². The Bertz CT molecular complexity index is 788. The maximum atomic E-state index is 13.2. The predicted molar refractivity (Wildman–Crippen MR) is 107 cm³/mol. The molecule has 1 N–H and O–H groups in total. The fraction of sp³-hybridized carbons (Fsp3) is 0.409. The molecule has 1 fully saturated rings. The summed E-state index contributed by atoms with van der Waals surface area (Å²) in [7, 11) is 0. The standard InChI is InChI=1S/C22H26FN3O/c23-18-8-10-19(11-9-18)25(20-12-13-20)16-14-24-22(27)26-15-4-3-6-17-5-1-2-7-21(17)26/h1-2,5,7-11,20H,3-4,6,12-16H2,(H,24,27). The Labute approximate surface area is 160 Å². The zero-order valence-electron chi connectivity index (χ0n) is 15.5. The first kappa shape index (κ1) is 17.8. The minimum absolute atomic E-state index is 0.0285. The zero-order valence-corrected chi connectivity index (χ0v) is 15.5. The predicted octanol–water partition coefficient (Wildman–Crippen LogP) is 4.35. The number of anilines is 2. The van der Waals surface area contributed by atoms with Gasteiger partial charge >= 0.3 is 6.03 Å². The topological polar surface area (TPSA) is 35.6 Å². The van der Waals surface area contributed by atoms with Gasteiger partial charge in [0.15, 0.2) is 0 Å². The van der Waals surface area contributed by atoms with E-state index >= 15 is 0 Å². The number of urea groups is 1. The molecule has 4 nitrogen and oxygen atoms in total. The van der Waals surface area contributed by atoms with Crippen LogP contribution >= 0.6 is 0 Å². The average Bonchev–Trinajstić information content (AvgIpc) is 3.53. The Hall–Kier alpha value is -2.56. The van der Waals surface area contributed by atoms with Crippen molar-refractivity contribution in [3.63, 3.8) is 0 Å². The molecule has 4 rings (SSSR count). The quantitative estimate of drug-likeness (QED) is 0.853. The van der Waals surface area contributed by atoms with Gasteiger partial charge < -0.3 is 10.2 Å². The van der Waals surface area contributed by atoms with Crippen molar-refractivity contribution in [1.82, 2.24) is 5.32 Å². The second kappa shape index (κ2) is 7.99. The van der Waals surface area contributed by atoms with Crippen LogP contribution in [0.25, 0.3) is 0 Å². The van der Waals surface area contributed by atoms with Gasteiger partial charge in [-0.15, -0.1) is 0 Å². The van der Waals surface area contributed by atoms with Gasteiger partial charge in [-0.3, -0.25) is 4.90 Å². The first-order valence-corrected chi connectivity index (χ1v) is 9.88. The molecule has 1 aliphatic heterocycles. The molecule has 0 bridgehead atoms. The van der Waals surface area contributed by atoms with E-state index in [0.717, 1.165) is 56.6 Å². The Morgan fingerprint density at radius 3 is 2.67 bits per heavy atom. The zero-order chi connectivity index (χ0) is 18.6. The number of carbonyl (C=O) groups excluding carboxylic acids is 1. The molecule has 0 unspecified atom stereocenters. The minimum atomic E-state index is -0.220. The fourth-order valence-electron chi connectivity index (χ4n) is 3.82. The van der Waals surface area contributed by atoms with Gasteiger partial charge in [-0.1, -0.05) is 18.2 Å². The lowest BCUT2D eigenvalue weighted by Gasteiger charge is -2.27. The number of nitrogens with one attached hydrogen (secondary N) is 1. The number of benzene rings is 2. The van der Waals surface area contributed by atoms with E-state index in [0.29, 0.717) is 12.6 Å². The molecule has 5 heteroatoms. The third-order valence-corrected chi connectivity index (χ3v) is 5.38. The van der Waals surface area contributed by atoms with E-state index in [1.54, 1.807) is 0 Å². The number of amides is 2. The van der Waals surface area contributed by atoms with Gasteiger partial charge in [-0.25, -0.2) is 9.18 Å². The van der Waals surface area contributed by atoms with Crippen molar-refractivity contribution in [2.75, 3.05) is 29.4 Å². The van der Waals surface area contributed by atoms with E-state index in [-0.39, 0.29) is 11.8 Å². The molecule has 1 heterocycles. The molecule has 2 amide bonds. The summed E-state index contributed by atoms with van der Waals surface area (Å²) in [5.41, 5.74) is 3.30. The van der Waals surface area contributed by atoms with Crippen molar-refractivity contribution in [3.8, 4) is 0 Å². The highest BCUT2D eigenvalue weighted by atomic mass is 19.1. The monoisotopic (exact) mass is 367 g/mol. The van der Waals surface area contributed by atoms with Crippen molar-refractivity contribution in [3.05, 3.63) is 59.9 Å². The molecule has 1 aliphatic carbocycles. The molecule has 2 aliphatic rings. The van der Waals surface area contributed by atoms with Gasteiger partial charge in [0, 0.05) is 37.1 Å². The van der Waals surface area contributed by atoms with Gasteiger partial charge in [-0.2, -0.15) is 0 Å². The fourth-order valence-corrected chi connectivity index (χ4v) is 3.82. The molecular formula is C22H26FN3O. The smallest absolute Gasteiger partial charge is 0.321 e. The van der Waals surface area contributed by atoms with E-state index < -0.39 is 0 Å². The van der Waals surface area contributed by atoms with Gasteiger partial charge in [-0.05, 0) is 68.0 Å². The number of aryl methyl sites for hydroxylation is 1. The number of nitrogens with zero attached hydrogens (tertiary/aromatic N) is 2. The SMILES string of the molecule is O=C(NCCN(c1ccc(F)cc1)C1CC1)N1CCCCc2ccccc21. The van der Waals surface area contributed by atoms with Crippen molar-refractivity contribution in [2.45, 2.75) is 38.1 Å². The van der Waals surface area contributed by atoms with E-state index in [2.05, 4.69) is 16.3 Å². The number of para-hydroxylation sites is 1. The number of fused-ring (bicyclic) bond motifs is 1. The van der Waals surface area contributed by atoms with Crippen molar-refractivity contribution in [1.29, 1.82) is 0 Å². The second-order valence-corrected chi connectivity index (χ2v) is 7.37. The van der Waals surface area contributed by atoms with Crippen LogP contribution in [0.15, 0.2) is 48.5 Å². The highest BCUT2D eigenvalue weighted by Gasteiger charge is 2.29. The van der Waals surface area contributed by atoms with Gasteiger partial charge in [0.25, 0.3) is 0 Å². The van der Waals surface area contributed by atoms with E-state index in [9.17, 15) is 9.18 Å². The van der Waals surface area contributed by atoms with Crippen LogP contribution in [0.4, 0.5) is 20.6 Å². The van der Waals surface area contributed by atoms with E-state index in [1.165, 1.54) is 17.7 Å².